The summed E-state index contributed by atoms with van der Waals surface area (Å²) < 4.78 is 41.6. The Morgan fingerprint density at radius 3 is 2.18 bits per heavy atom. The summed E-state index contributed by atoms with van der Waals surface area (Å²) in [5, 5.41) is 13.1. The van der Waals surface area contributed by atoms with Crippen LogP contribution in [0, 0.1) is 11.6 Å². The lowest BCUT2D eigenvalue weighted by Gasteiger charge is -2.36. The van der Waals surface area contributed by atoms with Gasteiger partial charge in [0.1, 0.15) is 39.0 Å². The Hall–Kier alpha value is -4.49. The molecule has 1 atom stereocenters. The Kier molecular flexibility index (Phi) is 9.29. The number of hydrogen-bond acceptors (Lipinski definition) is 10. The van der Waals surface area contributed by atoms with Crippen molar-refractivity contribution < 1.29 is 32.6 Å². The predicted octanol–water partition coefficient (Wildman–Crippen LogP) is 6.97. The maximum Gasteiger partial charge on any atom is 0.238 e. The van der Waals surface area contributed by atoms with E-state index in [1.54, 1.807) is 12.1 Å². The molecule has 0 radical (unpaired) electrons. The van der Waals surface area contributed by atoms with Crippen LogP contribution in [0.3, 0.4) is 0 Å². The molecule has 1 aliphatic carbocycles. The van der Waals surface area contributed by atoms with E-state index in [1.807, 2.05) is 47.8 Å². The van der Waals surface area contributed by atoms with Gasteiger partial charge in [0.25, 0.3) is 0 Å². The van der Waals surface area contributed by atoms with Gasteiger partial charge in [0.05, 0.1) is 11.6 Å². The monoisotopic (exact) mass is 702 g/mol. The lowest BCUT2D eigenvalue weighted by Crippen LogP contribution is -2.42. The van der Waals surface area contributed by atoms with Crippen LogP contribution >= 0.6 is 23.5 Å². The summed E-state index contributed by atoms with van der Waals surface area (Å²) in [5.41, 5.74) is 2.57. The van der Waals surface area contributed by atoms with Gasteiger partial charge in [-0.25, -0.2) is 8.78 Å². The Morgan fingerprint density at radius 1 is 0.898 bits per heavy atom. The highest BCUT2D eigenvalue weighted by Crippen LogP contribution is 2.56. The van der Waals surface area contributed by atoms with Gasteiger partial charge in [-0.1, -0.05) is 24.3 Å². The number of anilines is 1. The van der Waals surface area contributed by atoms with Gasteiger partial charge in [-0.2, -0.15) is 0 Å². The molecule has 2 saturated heterocycles. The number of carbonyl (C=O) groups excluding carboxylic acids is 3. The molecule has 2 N–H and O–H groups in total. The van der Waals surface area contributed by atoms with E-state index in [0.29, 0.717) is 24.5 Å². The molecular weight excluding hydrogens is 671 g/mol. The molecule has 3 aliphatic rings. The molecule has 3 fully saturated rings. The number of aromatic nitrogens is 2. The minimum atomic E-state index is -0.893. The first-order valence-electron chi connectivity index (χ1n) is 15.9. The van der Waals surface area contributed by atoms with Crippen LogP contribution in [0.2, 0.25) is 0 Å². The molecule has 13 heteroatoms. The third-order valence-corrected chi connectivity index (χ3v) is 12.4. The number of nitrogens with zero attached hydrogens (tertiary/aromatic N) is 2. The van der Waals surface area contributed by atoms with Gasteiger partial charge in [-0.3, -0.25) is 19.7 Å². The van der Waals surface area contributed by atoms with Crippen molar-refractivity contribution in [2.24, 2.45) is 0 Å². The second kappa shape index (κ2) is 13.8. The molecule has 2 aliphatic heterocycles. The normalized spacial score (nSPS) is 21.4. The molecular formula is C36H32F2N4O5S2. The molecule has 0 bridgehead atoms. The maximum atomic E-state index is 14.9. The van der Waals surface area contributed by atoms with Crippen molar-refractivity contribution in [3.63, 3.8) is 0 Å². The highest BCUT2D eigenvalue weighted by Gasteiger charge is 2.40. The van der Waals surface area contributed by atoms with Crippen LogP contribution in [-0.4, -0.2) is 51.4 Å². The number of carbonyl (C=O) groups is 3. The Labute approximate surface area is 289 Å². The number of amides is 2. The standard InChI is InChI=1S/C36H32F2N4O5S2/c1-20(43)31-11-13-34(42-41-31)47-25-8-4-22(5-9-25)36(48-14-15-49-36)21-2-6-24(7-3-21)46-26-16-23(17-26)39-32-19-29(37)28(18-30(32)38)27-10-12-33(44)40-35(27)45/h2-9,11,13,18-19,23,26-27,39H,10,12,14-17H2,1H3,(H,40,44,45). The van der Waals surface area contributed by atoms with Crippen molar-refractivity contribution in [2.45, 2.75) is 54.7 Å². The van der Waals surface area contributed by atoms with Gasteiger partial charge in [-0.05, 0) is 53.9 Å². The van der Waals surface area contributed by atoms with Crippen LogP contribution in [0.25, 0.3) is 0 Å². The Bertz CT molecular complexity index is 1880. The zero-order valence-corrected chi connectivity index (χ0v) is 28.0. The highest BCUT2D eigenvalue weighted by atomic mass is 32.2. The number of hydrogen-bond donors (Lipinski definition) is 2. The van der Waals surface area contributed by atoms with Crippen molar-refractivity contribution in [3.8, 4) is 17.4 Å². The largest absolute Gasteiger partial charge is 0.490 e. The third kappa shape index (κ3) is 7.00. The molecule has 49 heavy (non-hydrogen) atoms. The van der Waals surface area contributed by atoms with E-state index >= 15 is 0 Å². The number of imide groups is 1. The van der Waals surface area contributed by atoms with Gasteiger partial charge in [0.15, 0.2) is 5.78 Å². The average molecular weight is 703 g/mol. The summed E-state index contributed by atoms with van der Waals surface area (Å²) in [4.78, 5) is 35.0. The van der Waals surface area contributed by atoms with Crippen molar-refractivity contribution in [1.29, 1.82) is 0 Å². The van der Waals surface area contributed by atoms with Crippen LogP contribution in [0.5, 0.6) is 17.4 Å². The number of nitrogens with one attached hydrogen (secondary N) is 2. The number of Topliss-reactive ketones (excluding diaryl/α,β-unsaturated/α-hetero) is 1. The number of rotatable bonds is 10. The first kappa shape index (κ1) is 33.0. The van der Waals surface area contributed by atoms with Crippen molar-refractivity contribution in [2.75, 3.05) is 16.8 Å². The minimum Gasteiger partial charge on any atom is -0.490 e. The van der Waals surface area contributed by atoms with Gasteiger partial charge in [0, 0.05) is 61.4 Å². The molecule has 3 aromatic carbocycles. The lowest BCUT2D eigenvalue weighted by molar-refractivity contribution is -0.134. The van der Waals surface area contributed by atoms with Crippen LogP contribution in [0.15, 0.2) is 72.8 Å². The predicted molar refractivity (Wildman–Crippen MR) is 183 cm³/mol. The van der Waals surface area contributed by atoms with E-state index in [4.69, 9.17) is 9.47 Å². The number of piperidine rings is 1. The molecule has 3 heterocycles. The van der Waals surface area contributed by atoms with Gasteiger partial charge in [-0.15, -0.1) is 33.7 Å². The summed E-state index contributed by atoms with van der Waals surface area (Å²) in [6, 6.07) is 21.3. The summed E-state index contributed by atoms with van der Waals surface area (Å²) in [5.74, 6) is 0.300. The summed E-state index contributed by atoms with van der Waals surface area (Å²) >= 11 is 3.77. The first-order chi connectivity index (χ1) is 23.7. The average Bonchev–Trinajstić information content (AvgIpc) is 3.58. The number of benzene rings is 3. The quantitative estimate of drug-likeness (QED) is 0.132. The van der Waals surface area contributed by atoms with Gasteiger partial charge in [0.2, 0.25) is 17.7 Å². The van der Waals surface area contributed by atoms with Crippen LogP contribution in [-0.2, 0) is 13.7 Å². The molecule has 0 spiro atoms. The van der Waals surface area contributed by atoms with Gasteiger partial charge < -0.3 is 14.8 Å². The second-order valence-electron chi connectivity index (χ2n) is 12.2. The Morgan fingerprint density at radius 2 is 1.57 bits per heavy atom. The van der Waals surface area contributed by atoms with E-state index in [9.17, 15) is 23.2 Å². The fourth-order valence-corrected chi connectivity index (χ4v) is 9.50. The van der Waals surface area contributed by atoms with E-state index in [2.05, 4.69) is 45.1 Å². The highest BCUT2D eigenvalue weighted by molar-refractivity contribution is 8.20. The molecule has 2 amide bonds. The Balaban J connectivity index is 0.949. The molecule has 9 nitrogen and oxygen atoms in total. The number of thioether (sulfide) groups is 2. The van der Waals surface area contributed by atoms with Crippen molar-refractivity contribution >= 4 is 46.8 Å². The molecule has 1 aromatic heterocycles. The number of ketones is 1. The zero-order chi connectivity index (χ0) is 34.1. The van der Waals surface area contributed by atoms with E-state index in [0.717, 1.165) is 40.5 Å². The van der Waals surface area contributed by atoms with Gasteiger partial charge >= 0.3 is 0 Å². The molecule has 1 unspecified atom stereocenters. The van der Waals surface area contributed by atoms with Crippen molar-refractivity contribution in [1.82, 2.24) is 15.5 Å². The molecule has 1 saturated carbocycles. The second-order valence-corrected chi connectivity index (χ2v) is 15.1. The SMILES string of the molecule is CC(=O)c1ccc(Oc2ccc(C3(c4ccc(OC5CC(Nc6cc(F)c(C7CCC(=O)NC7=O)cc6F)C5)cc4)SCCS3)cc2)nn1. The topological polar surface area (TPSA) is 120 Å². The summed E-state index contributed by atoms with van der Waals surface area (Å²) in [7, 11) is 0. The fourth-order valence-electron chi connectivity index (χ4n) is 6.21. The number of halogens is 2. The lowest BCUT2D eigenvalue weighted by atomic mass is 9.88. The van der Waals surface area contributed by atoms with Crippen LogP contribution < -0.4 is 20.1 Å². The molecule has 7 rings (SSSR count). The van der Waals surface area contributed by atoms with E-state index < -0.39 is 29.4 Å². The van der Waals surface area contributed by atoms with Crippen LogP contribution in [0.1, 0.15) is 65.7 Å². The zero-order valence-electron chi connectivity index (χ0n) is 26.4. The molecule has 4 aromatic rings. The van der Waals surface area contributed by atoms with E-state index in [-0.39, 0.29) is 51.8 Å². The molecule has 252 valence electrons. The minimum absolute atomic E-state index is 0.0369. The first-order valence-corrected chi connectivity index (χ1v) is 17.9. The smallest absolute Gasteiger partial charge is 0.238 e. The van der Waals surface area contributed by atoms with E-state index in [1.165, 1.54) is 6.92 Å². The summed E-state index contributed by atoms with van der Waals surface area (Å²) in [6.45, 7) is 1.44. The fraction of sp³-hybridized carbons (Fsp3) is 0.306. The van der Waals surface area contributed by atoms with Crippen LogP contribution in [0.4, 0.5) is 14.5 Å². The summed E-state index contributed by atoms with van der Waals surface area (Å²) in [6.07, 6.45) is 1.40. The van der Waals surface area contributed by atoms with Crippen molar-refractivity contribution in [3.05, 3.63) is 107 Å². The number of ether oxygens (including phenoxy) is 2. The maximum absolute atomic E-state index is 14.9. The third-order valence-electron chi connectivity index (χ3n) is 8.84.